The SMILES string of the molecule is CCOC(=O)C1CCN(c2cc(C(F)(F)F)cc(C(F)(F)F)c2)CC1. The van der Waals surface area contributed by atoms with Gasteiger partial charge in [0.2, 0.25) is 0 Å². The summed E-state index contributed by atoms with van der Waals surface area (Å²) in [7, 11) is 0. The highest BCUT2D eigenvalue weighted by Gasteiger charge is 2.38. The first-order valence-corrected chi connectivity index (χ1v) is 7.73. The molecule has 1 aromatic rings. The molecule has 3 nitrogen and oxygen atoms in total. The number of piperidine rings is 1. The highest BCUT2D eigenvalue weighted by Crippen LogP contribution is 2.39. The predicted molar refractivity (Wildman–Crippen MR) is 78.0 cm³/mol. The number of carbonyl (C=O) groups excluding carboxylic acids is 1. The maximum absolute atomic E-state index is 12.9. The highest BCUT2D eigenvalue weighted by atomic mass is 19.4. The van der Waals surface area contributed by atoms with E-state index in [-0.39, 0.29) is 43.3 Å². The van der Waals surface area contributed by atoms with E-state index >= 15 is 0 Å². The van der Waals surface area contributed by atoms with E-state index < -0.39 is 23.5 Å². The van der Waals surface area contributed by atoms with Crippen molar-refractivity contribution in [3.8, 4) is 0 Å². The Balaban J connectivity index is 2.23. The summed E-state index contributed by atoms with van der Waals surface area (Å²) >= 11 is 0. The summed E-state index contributed by atoms with van der Waals surface area (Å²) in [6.07, 6.45) is -9.12. The Hall–Kier alpha value is -1.93. The Morgan fingerprint density at radius 2 is 1.52 bits per heavy atom. The molecule has 1 aliphatic rings. The van der Waals surface area contributed by atoms with Crippen LogP contribution in [-0.2, 0) is 21.9 Å². The molecule has 0 spiro atoms. The molecule has 1 heterocycles. The van der Waals surface area contributed by atoms with Gasteiger partial charge in [-0.3, -0.25) is 4.79 Å². The van der Waals surface area contributed by atoms with Crippen LogP contribution in [0.25, 0.3) is 0 Å². The molecule has 0 amide bonds. The van der Waals surface area contributed by atoms with E-state index in [4.69, 9.17) is 4.74 Å². The lowest BCUT2D eigenvalue weighted by Crippen LogP contribution is -2.37. The third-order valence-electron chi connectivity index (χ3n) is 4.05. The van der Waals surface area contributed by atoms with Crippen molar-refractivity contribution in [2.45, 2.75) is 32.1 Å². The minimum Gasteiger partial charge on any atom is -0.466 e. The third kappa shape index (κ3) is 4.79. The molecule has 0 aliphatic carbocycles. The summed E-state index contributed by atoms with van der Waals surface area (Å²) in [5, 5.41) is 0. The molecule has 1 aliphatic heterocycles. The first-order chi connectivity index (χ1) is 11.5. The van der Waals surface area contributed by atoms with Gasteiger partial charge in [-0.15, -0.1) is 0 Å². The Morgan fingerprint density at radius 1 is 1.04 bits per heavy atom. The second-order valence-corrected chi connectivity index (χ2v) is 5.78. The minimum absolute atomic E-state index is 0.106. The molecule has 1 saturated heterocycles. The van der Waals surface area contributed by atoms with E-state index in [1.165, 1.54) is 4.90 Å². The molecule has 0 N–H and O–H groups in total. The van der Waals surface area contributed by atoms with Crippen LogP contribution in [0.1, 0.15) is 30.9 Å². The van der Waals surface area contributed by atoms with Crippen molar-refractivity contribution in [1.29, 1.82) is 0 Å². The molecule has 0 bridgehead atoms. The fraction of sp³-hybridized carbons (Fsp3) is 0.562. The van der Waals surface area contributed by atoms with Crippen molar-refractivity contribution in [2.24, 2.45) is 5.92 Å². The van der Waals surface area contributed by atoms with E-state index in [9.17, 15) is 31.1 Å². The molecule has 2 rings (SSSR count). The number of hydrogen-bond donors (Lipinski definition) is 0. The number of rotatable bonds is 3. The van der Waals surface area contributed by atoms with Crippen molar-refractivity contribution in [3.63, 3.8) is 0 Å². The Kier molecular flexibility index (Phi) is 5.53. The zero-order valence-electron chi connectivity index (χ0n) is 13.4. The molecular formula is C16H17F6NO2. The largest absolute Gasteiger partial charge is 0.466 e. The number of anilines is 1. The number of esters is 1. The van der Waals surface area contributed by atoms with E-state index in [2.05, 4.69) is 0 Å². The Bertz CT molecular complexity index is 586. The van der Waals surface area contributed by atoms with Crippen LogP contribution in [0.15, 0.2) is 18.2 Å². The van der Waals surface area contributed by atoms with Gasteiger partial charge in [0.05, 0.1) is 23.7 Å². The fourth-order valence-corrected chi connectivity index (χ4v) is 2.75. The quantitative estimate of drug-likeness (QED) is 0.580. The molecule has 0 aromatic heterocycles. The van der Waals surface area contributed by atoms with Crippen molar-refractivity contribution in [3.05, 3.63) is 29.3 Å². The van der Waals surface area contributed by atoms with Gasteiger partial charge in [-0.1, -0.05) is 0 Å². The molecular weight excluding hydrogens is 352 g/mol. The van der Waals surface area contributed by atoms with Crippen LogP contribution in [0, 0.1) is 5.92 Å². The number of alkyl halides is 6. The molecule has 0 saturated carbocycles. The van der Waals surface area contributed by atoms with Gasteiger partial charge in [-0.2, -0.15) is 26.3 Å². The van der Waals surface area contributed by atoms with Gasteiger partial charge in [0, 0.05) is 18.8 Å². The monoisotopic (exact) mass is 369 g/mol. The minimum atomic E-state index is -4.88. The number of hydrogen-bond acceptors (Lipinski definition) is 3. The number of benzene rings is 1. The molecule has 0 atom stereocenters. The molecule has 1 aromatic carbocycles. The lowest BCUT2D eigenvalue weighted by molar-refractivity contribution is -0.148. The van der Waals surface area contributed by atoms with Crippen LogP contribution in [0.4, 0.5) is 32.0 Å². The maximum atomic E-state index is 12.9. The lowest BCUT2D eigenvalue weighted by Gasteiger charge is -2.33. The van der Waals surface area contributed by atoms with Crippen LogP contribution < -0.4 is 4.90 Å². The van der Waals surface area contributed by atoms with Crippen molar-refractivity contribution < 1.29 is 35.9 Å². The van der Waals surface area contributed by atoms with Crippen LogP contribution in [0.2, 0.25) is 0 Å². The van der Waals surface area contributed by atoms with E-state index in [1.807, 2.05) is 0 Å². The van der Waals surface area contributed by atoms with Gasteiger partial charge in [0.1, 0.15) is 0 Å². The normalized spacial score (nSPS) is 16.8. The zero-order valence-corrected chi connectivity index (χ0v) is 13.4. The van der Waals surface area contributed by atoms with Crippen LogP contribution in [0.5, 0.6) is 0 Å². The average Bonchev–Trinajstić information content (AvgIpc) is 2.53. The Labute approximate surface area is 140 Å². The van der Waals surface area contributed by atoms with Gasteiger partial charge in [-0.25, -0.2) is 0 Å². The molecule has 0 radical (unpaired) electrons. The lowest BCUT2D eigenvalue weighted by atomic mass is 9.96. The average molecular weight is 369 g/mol. The topological polar surface area (TPSA) is 29.5 Å². The predicted octanol–water partition coefficient (Wildman–Crippen LogP) is 4.50. The molecule has 140 valence electrons. The van der Waals surface area contributed by atoms with Gasteiger partial charge in [0.15, 0.2) is 0 Å². The maximum Gasteiger partial charge on any atom is 0.416 e. The molecule has 9 heteroatoms. The molecule has 0 unspecified atom stereocenters. The standard InChI is InChI=1S/C16H17F6NO2/c1-2-25-14(24)10-3-5-23(6-4-10)13-8-11(15(17,18)19)7-12(9-13)16(20,21)22/h7-10H,2-6H2,1H3. The number of carbonyl (C=O) groups is 1. The van der Waals surface area contributed by atoms with Gasteiger partial charge in [0.25, 0.3) is 0 Å². The summed E-state index contributed by atoms with van der Waals surface area (Å²) in [5.74, 6) is -0.772. The third-order valence-corrected chi connectivity index (χ3v) is 4.05. The van der Waals surface area contributed by atoms with Crippen molar-refractivity contribution in [2.75, 3.05) is 24.6 Å². The summed E-state index contributed by atoms with van der Waals surface area (Å²) in [5.41, 5.74) is -2.83. The Morgan fingerprint density at radius 3 is 1.92 bits per heavy atom. The second-order valence-electron chi connectivity index (χ2n) is 5.78. The zero-order chi connectivity index (χ0) is 18.8. The van der Waals surface area contributed by atoms with Gasteiger partial charge in [-0.05, 0) is 38.0 Å². The van der Waals surface area contributed by atoms with Gasteiger partial charge >= 0.3 is 18.3 Å². The van der Waals surface area contributed by atoms with E-state index in [0.717, 1.165) is 0 Å². The van der Waals surface area contributed by atoms with Crippen molar-refractivity contribution >= 4 is 11.7 Å². The van der Waals surface area contributed by atoms with Crippen LogP contribution >= 0.6 is 0 Å². The summed E-state index contributed by atoms with van der Waals surface area (Å²) in [6.45, 7) is 2.25. The fourth-order valence-electron chi connectivity index (χ4n) is 2.75. The van der Waals surface area contributed by atoms with Crippen LogP contribution in [-0.4, -0.2) is 25.7 Å². The summed E-state index contributed by atoms with van der Waals surface area (Å²) in [4.78, 5) is 13.1. The molecule has 1 fully saturated rings. The number of ether oxygens (including phenoxy) is 1. The number of nitrogens with zero attached hydrogens (tertiary/aromatic N) is 1. The first-order valence-electron chi connectivity index (χ1n) is 7.73. The van der Waals surface area contributed by atoms with Crippen LogP contribution in [0.3, 0.4) is 0 Å². The smallest absolute Gasteiger partial charge is 0.416 e. The highest BCUT2D eigenvalue weighted by molar-refractivity contribution is 5.73. The second kappa shape index (κ2) is 7.13. The van der Waals surface area contributed by atoms with Crippen molar-refractivity contribution in [1.82, 2.24) is 0 Å². The summed E-state index contributed by atoms with van der Waals surface area (Å²) < 4.78 is 82.3. The van der Waals surface area contributed by atoms with Gasteiger partial charge < -0.3 is 9.64 Å². The number of halogens is 6. The van der Waals surface area contributed by atoms with E-state index in [1.54, 1.807) is 6.92 Å². The molecule has 25 heavy (non-hydrogen) atoms. The first kappa shape index (κ1) is 19.4. The van der Waals surface area contributed by atoms with E-state index in [0.29, 0.717) is 25.0 Å². The summed E-state index contributed by atoms with van der Waals surface area (Å²) in [6, 6.07) is 1.52.